The highest BCUT2D eigenvalue weighted by Gasteiger charge is 2.26. The number of nitrogen functional groups attached to an aromatic ring is 1. The third kappa shape index (κ3) is 3.78. The van der Waals surface area contributed by atoms with E-state index < -0.39 is 0 Å². The summed E-state index contributed by atoms with van der Waals surface area (Å²) in [5.74, 6) is 0.207. The second-order valence-corrected chi connectivity index (χ2v) is 7.52. The van der Waals surface area contributed by atoms with E-state index in [0.717, 1.165) is 34.0 Å². The molecule has 0 radical (unpaired) electrons. The first-order valence-electron chi connectivity index (χ1n) is 9.87. The lowest BCUT2D eigenvalue weighted by Crippen LogP contribution is -2.45. The van der Waals surface area contributed by atoms with Gasteiger partial charge in [0, 0.05) is 36.4 Å². The fourth-order valence-corrected chi connectivity index (χ4v) is 3.80. The number of hydrogen-bond donors (Lipinski definition) is 1. The van der Waals surface area contributed by atoms with Crippen molar-refractivity contribution >= 4 is 22.8 Å². The van der Waals surface area contributed by atoms with Crippen LogP contribution in [0.4, 0.5) is 5.95 Å². The van der Waals surface area contributed by atoms with Crippen LogP contribution in [0.2, 0.25) is 0 Å². The first-order valence-corrected chi connectivity index (χ1v) is 9.87. The molecular weight excluding hydrogens is 366 g/mol. The van der Waals surface area contributed by atoms with Crippen LogP contribution < -0.4 is 5.73 Å². The molecule has 1 amide bonds. The number of fused-ring (bicyclic) bond motifs is 1. The molecule has 4 rings (SSSR count). The van der Waals surface area contributed by atoms with E-state index in [1.54, 1.807) is 12.4 Å². The van der Waals surface area contributed by atoms with Gasteiger partial charge < -0.3 is 15.4 Å². The summed E-state index contributed by atoms with van der Waals surface area (Å²) in [5, 5.41) is 0.868. The molecule has 2 aromatic heterocycles. The number of carbonyl (C=O) groups is 1. The van der Waals surface area contributed by atoms with Crippen LogP contribution in [0.5, 0.6) is 0 Å². The maximum absolute atomic E-state index is 13.5. The molecule has 3 heterocycles. The Labute approximate surface area is 169 Å². The number of carbonyl (C=O) groups excluding carboxylic acids is 1. The Morgan fingerprint density at radius 1 is 1.24 bits per heavy atom. The summed E-state index contributed by atoms with van der Waals surface area (Å²) in [6, 6.07) is 5.95. The zero-order valence-electron chi connectivity index (χ0n) is 17.0. The summed E-state index contributed by atoms with van der Waals surface area (Å²) >= 11 is 0. The third-order valence-corrected chi connectivity index (χ3v) is 5.33. The molecule has 3 aromatic rings. The summed E-state index contributed by atoms with van der Waals surface area (Å²) in [6.07, 6.45) is 4.23. The number of rotatable bonds is 3. The van der Waals surface area contributed by atoms with Crippen LogP contribution in [-0.4, -0.2) is 51.6 Å². The highest BCUT2D eigenvalue weighted by Crippen LogP contribution is 2.29. The monoisotopic (exact) mass is 391 g/mol. The van der Waals surface area contributed by atoms with Gasteiger partial charge in [0.25, 0.3) is 5.91 Å². The van der Waals surface area contributed by atoms with E-state index in [0.29, 0.717) is 31.0 Å². The van der Waals surface area contributed by atoms with Gasteiger partial charge in [0.15, 0.2) is 0 Å². The van der Waals surface area contributed by atoms with Gasteiger partial charge in [0.05, 0.1) is 29.5 Å². The predicted molar refractivity (Wildman–Crippen MR) is 113 cm³/mol. The number of pyridine rings is 1. The normalized spacial score (nSPS) is 16.9. The molecular formula is C22H25N5O2. The average molecular weight is 391 g/mol. The Hall–Kier alpha value is -3.06. The minimum absolute atomic E-state index is 0.00163. The molecule has 1 atom stereocenters. The maximum Gasteiger partial charge on any atom is 0.254 e. The number of ether oxygens (including phenoxy) is 1. The van der Waals surface area contributed by atoms with Crippen LogP contribution in [0.1, 0.15) is 34.8 Å². The number of nitrogens with zero attached hydrogens (tertiary/aromatic N) is 4. The Balaban J connectivity index is 1.86. The molecule has 0 spiro atoms. The maximum atomic E-state index is 13.5. The lowest BCUT2D eigenvalue weighted by Gasteiger charge is -2.33. The van der Waals surface area contributed by atoms with E-state index in [1.807, 2.05) is 30.9 Å². The molecule has 0 bridgehead atoms. The lowest BCUT2D eigenvalue weighted by molar-refractivity contribution is -0.0225. The Bertz CT molecular complexity index is 1060. The van der Waals surface area contributed by atoms with Crippen molar-refractivity contribution in [2.45, 2.75) is 33.3 Å². The molecule has 1 fully saturated rings. The van der Waals surface area contributed by atoms with Gasteiger partial charge in [-0.05, 0) is 38.0 Å². The highest BCUT2D eigenvalue weighted by atomic mass is 16.5. The largest absolute Gasteiger partial charge is 0.375 e. The molecule has 1 saturated heterocycles. The first-order chi connectivity index (χ1) is 14.0. The minimum atomic E-state index is 0.00163. The fraction of sp³-hybridized carbons (Fsp3) is 0.364. The summed E-state index contributed by atoms with van der Waals surface area (Å²) < 4.78 is 5.74. The number of anilines is 1. The number of nitrogens with two attached hydrogens (primary N) is 1. The van der Waals surface area contributed by atoms with Crippen LogP contribution in [-0.2, 0) is 4.74 Å². The molecule has 1 aliphatic heterocycles. The number of aromatic nitrogens is 3. The SMILES string of the molecule is CCC1CN(C(=O)c2cc(-c3cnc(N)nc3)nc3c(C)cc(C)cc23)CCO1. The van der Waals surface area contributed by atoms with Crippen molar-refractivity contribution in [3.63, 3.8) is 0 Å². The van der Waals surface area contributed by atoms with Crippen molar-refractivity contribution in [3.05, 3.63) is 47.3 Å². The van der Waals surface area contributed by atoms with Crippen molar-refractivity contribution in [2.75, 3.05) is 25.4 Å². The van der Waals surface area contributed by atoms with Crippen molar-refractivity contribution < 1.29 is 9.53 Å². The van der Waals surface area contributed by atoms with E-state index in [2.05, 4.69) is 23.0 Å². The molecule has 1 unspecified atom stereocenters. The summed E-state index contributed by atoms with van der Waals surface area (Å²) in [7, 11) is 0. The smallest absolute Gasteiger partial charge is 0.254 e. The molecule has 7 heteroatoms. The topological polar surface area (TPSA) is 94.2 Å². The van der Waals surface area contributed by atoms with Gasteiger partial charge in [-0.2, -0.15) is 0 Å². The van der Waals surface area contributed by atoms with Crippen molar-refractivity contribution in [3.8, 4) is 11.3 Å². The Morgan fingerprint density at radius 3 is 2.72 bits per heavy atom. The van der Waals surface area contributed by atoms with Gasteiger partial charge in [-0.3, -0.25) is 4.79 Å². The molecule has 0 aliphatic carbocycles. The van der Waals surface area contributed by atoms with Gasteiger partial charge >= 0.3 is 0 Å². The molecule has 0 saturated carbocycles. The van der Waals surface area contributed by atoms with Gasteiger partial charge in [-0.15, -0.1) is 0 Å². The van der Waals surface area contributed by atoms with E-state index in [4.69, 9.17) is 15.5 Å². The van der Waals surface area contributed by atoms with Gasteiger partial charge in [0.2, 0.25) is 5.95 Å². The average Bonchev–Trinajstić information content (AvgIpc) is 2.73. The summed E-state index contributed by atoms with van der Waals surface area (Å²) in [6.45, 7) is 7.87. The molecule has 1 aromatic carbocycles. The lowest BCUT2D eigenvalue weighted by atomic mass is 9.99. The number of benzene rings is 1. The second-order valence-electron chi connectivity index (χ2n) is 7.52. The number of amides is 1. The van der Waals surface area contributed by atoms with Gasteiger partial charge in [-0.1, -0.05) is 18.6 Å². The number of morpholine rings is 1. The van der Waals surface area contributed by atoms with Crippen molar-refractivity contribution in [2.24, 2.45) is 0 Å². The second kappa shape index (κ2) is 7.75. The summed E-state index contributed by atoms with van der Waals surface area (Å²) in [5.41, 5.74) is 10.6. The van der Waals surface area contributed by atoms with Crippen molar-refractivity contribution in [1.82, 2.24) is 19.9 Å². The van der Waals surface area contributed by atoms with Crippen molar-refractivity contribution in [1.29, 1.82) is 0 Å². The Kier molecular flexibility index (Phi) is 5.15. The number of aryl methyl sites for hydroxylation is 2. The van der Waals surface area contributed by atoms with E-state index in [9.17, 15) is 4.79 Å². The summed E-state index contributed by atoms with van der Waals surface area (Å²) in [4.78, 5) is 28.4. The predicted octanol–water partition coefficient (Wildman–Crippen LogP) is 3.14. The van der Waals surface area contributed by atoms with E-state index >= 15 is 0 Å². The highest BCUT2D eigenvalue weighted by molar-refractivity contribution is 6.08. The fourth-order valence-electron chi connectivity index (χ4n) is 3.80. The van der Waals surface area contributed by atoms with Gasteiger partial charge in [-0.25, -0.2) is 15.0 Å². The van der Waals surface area contributed by atoms with E-state index in [1.165, 1.54) is 0 Å². The van der Waals surface area contributed by atoms with Crippen LogP contribution in [0.3, 0.4) is 0 Å². The third-order valence-electron chi connectivity index (χ3n) is 5.33. The van der Waals surface area contributed by atoms with Crippen LogP contribution in [0, 0.1) is 13.8 Å². The van der Waals surface area contributed by atoms with Crippen LogP contribution in [0.15, 0.2) is 30.6 Å². The number of hydrogen-bond acceptors (Lipinski definition) is 6. The zero-order valence-corrected chi connectivity index (χ0v) is 17.0. The minimum Gasteiger partial charge on any atom is -0.375 e. The molecule has 1 aliphatic rings. The van der Waals surface area contributed by atoms with E-state index in [-0.39, 0.29) is 18.0 Å². The molecule has 2 N–H and O–H groups in total. The standard InChI is InChI=1S/C22H25N5O2/c1-4-16-12-27(5-6-29-16)21(28)18-9-19(15-10-24-22(23)25-11-15)26-20-14(3)7-13(2)8-17(18)20/h7-11,16H,4-6,12H2,1-3H3,(H2,23,24,25). The molecule has 7 nitrogen and oxygen atoms in total. The molecule has 29 heavy (non-hydrogen) atoms. The first kappa shape index (κ1) is 19.3. The quantitative estimate of drug-likeness (QED) is 0.737. The Morgan fingerprint density at radius 2 is 2.00 bits per heavy atom. The van der Waals surface area contributed by atoms with Crippen LogP contribution >= 0.6 is 0 Å². The molecule has 150 valence electrons. The van der Waals surface area contributed by atoms with Crippen LogP contribution in [0.25, 0.3) is 22.2 Å². The van der Waals surface area contributed by atoms with Gasteiger partial charge in [0.1, 0.15) is 0 Å². The zero-order chi connectivity index (χ0) is 20.5.